The van der Waals surface area contributed by atoms with Gasteiger partial charge in [0.1, 0.15) is 24.3 Å². The summed E-state index contributed by atoms with van der Waals surface area (Å²) in [5.41, 5.74) is 10.2. The predicted octanol–water partition coefficient (Wildman–Crippen LogP) is 1.84. The summed E-state index contributed by atoms with van der Waals surface area (Å²) in [5.74, 6) is -0.916. The molecule has 0 spiro atoms. The number of hydrogen-bond acceptors (Lipinski definition) is 6. The van der Waals surface area contributed by atoms with Gasteiger partial charge in [-0.15, -0.1) is 0 Å². The SMILES string of the molecule is CC(C)C(N)C(=O)OCC(C)(C)C(C)(C)OC(=O)C(N)C(C)C. The molecule has 0 aliphatic heterocycles. The fourth-order valence-corrected chi connectivity index (χ4v) is 1.52. The average Bonchev–Trinajstić information content (AvgIpc) is 2.41. The number of carbonyl (C=O) groups is 2. The first kappa shape index (κ1) is 21.9. The van der Waals surface area contributed by atoms with Gasteiger partial charge in [-0.3, -0.25) is 9.59 Å². The predicted molar refractivity (Wildman–Crippen MR) is 90.5 cm³/mol. The maximum atomic E-state index is 12.1. The van der Waals surface area contributed by atoms with Crippen molar-refractivity contribution in [3.05, 3.63) is 0 Å². The normalized spacial score (nSPS) is 15.5. The van der Waals surface area contributed by atoms with E-state index in [4.69, 9.17) is 20.9 Å². The van der Waals surface area contributed by atoms with E-state index in [9.17, 15) is 9.59 Å². The molecule has 0 aromatic carbocycles. The molecule has 0 aliphatic rings. The maximum absolute atomic E-state index is 12.1. The highest BCUT2D eigenvalue weighted by Crippen LogP contribution is 2.34. The van der Waals surface area contributed by atoms with E-state index < -0.39 is 35.0 Å². The van der Waals surface area contributed by atoms with Crippen molar-refractivity contribution in [1.29, 1.82) is 0 Å². The number of ether oxygens (including phenoxy) is 2. The molecule has 0 fully saturated rings. The quantitative estimate of drug-likeness (QED) is 0.658. The van der Waals surface area contributed by atoms with Gasteiger partial charge in [-0.25, -0.2) is 0 Å². The molecule has 4 N–H and O–H groups in total. The van der Waals surface area contributed by atoms with Crippen LogP contribution in [0, 0.1) is 17.3 Å². The summed E-state index contributed by atoms with van der Waals surface area (Å²) < 4.78 is 10.9. The Morgan fingerprint density at radius 2 is 1.26 bits per heavy atom. The zero-order valence-corrected chi connectivity index (χ0v) is 15.8. The van der Waals surface area contributed by atoms with Crippen molar-refractivity contribution in [1.82, 2.24) is 0 Å². The van der Waals surface area contributed by atoms with Gasteiger partial charge in [0.05, 0.1) is 0 Å². The van der Waals surface area contributed by atoms with Gasteiger partial charge in [0, 0.05) is 5.41 Å². The molecule has 2 unspecified atom stereocenters. The molecule has 0 saturated heterocycles. The lowest BCUT2D eigenvalue weighted by Gasteiger charge is -2.41. The molecule has 0 amide bonds. The topological polar surface area (TPSA) is 105 Å². The van der Waals surface area contributed by atoms with E-state index in [1.807, 2.05) is 41.5 Å². The Bertz CT molecular complexity index is 417. The molecule has 0 aromatic rings. The molecule has 0 bridgehead atoms. The van der Waals surface area contributed by atoms with Crippen molar-refractivity contribution < 1.29 is 19.1 Å². The molecule has 0 aromatic heterocycles. The van der Waals surface area contributed by atoms with Crippen molar-refractivity contribution in [2.45, 2.75) is 73.1 Å². The number of hydrogen-bond donors (Lipinski definition) is 2. The van der Waals surface area contributed by atoms with Gasteiger partial charge < -0.3 is 20.9 Å². The summed E-state index contributed by atoms with van der Waals surface area (Å²) in [6.07, 6.45) is 0. The fourth-order valence-electron chi connectivity index (χ4n) is 1.52. The Morgan fingerprint density at radius 3 is 1.65 bits per heavy atom. The molecule has 0 heterocycles. The molecule has 0 radical (unpaired) electrons. The molecule has 0 saturated carbocycles. The van der Waals surface area contributed by atoms with Crippen LogP contribution in [0.3, 0.4) is 0 Å². The monoisotopic (exact) mass is 330 g/mol. The summed E-state index contributed by atoms with van der Waals surface area (Å²) in [6, 6.07) is -1.34. The Hall–Kier alpha value is -1.14. The first-order valence-corrected chi connectivity index (χ1v) is 8.13. The number of esters is 2. The third kappa shape index (κ3) is 6.11. The van der Waals surface area contributed by atoms with Crippen LogP contribution in [-0.2, 0) is 19.1 Å². The van der Waals surface area contributed by atoms with Gasteiger partial charge in [0.15, 0.2) is 0 Å². The summed E-state index contributed by atoms with van der Waals surface area (Å²) in [6.45, 7) is 14.8. The lowest BCUT2D eigenvalue weighted by molar-refractivity contribution is -0.178. The van der Waals surface area contributed by atoms with Crippen LogP contribution >= 0.6 is 0 Å². The molecule has 23 heavy (non-hydrogen) atoms. The minimum absolute atomic E-state index is 0.000454. The Kier molecular flexibility index (Phi) is 7.70. The number of rotatable bonds is 8. The molecule has 6 heteroatoms. The van der Waals surface area contributed by atoms with Crippen LogP contribution in [0.5, 0.6) is 0 Å². The molecule has 2 atom stereocenters. The van der Waals surface area contributed by atoms with E-state index in [-0.39, 0.29) is 18.4 Å². The standard InChI is InChI=1S/C17H34N2O4/c1-10(2)12(18)14(20)22-9-16(5,6)17(7,8)23-15(21)13(19)11(3)4/h10-13H,9,18-19H2,1-8H3. The highest BCUT2D eigenvalue weighted by molar-refractivity contribution is 5.76. The third-order valence-electron chi connectivity index (χ3n) is 4.54. The molecule has 0 aliphatic carbocycles. The molecule has 6 nitrogen and oxygen atoms in total. The molecular formula is C17H34N2O4. The first-order valence-electron chi connectivity index (χ1n) is 8.13. The maximum Gasteiger partial charge on any atom is 0.323 e. The van der Waals surface area contributed by atoms with Gasteiger partial charge in [0.25, 0.3) is 0 Å². The van der Waals surface area contributed by atoms with Crippen LogP contribution in [0.2, 0.25) is 0 Å². The Labute approximate surface area is 140 Å². The van der Waals surface area contributed by atoms with Crippen molar-refractivity contribution in [3.63, 3.8) is 0 Å². The highest BCUT2D eigenvalue weighted by atomic mass is 16.6. The van der Waals surface area contributed by atoms with Crippen LogP contribution in [-0.4, -0.2) is 36.2 Å². The zero-order valence-electron chi connectivity index (χ0n) is 15.8. The van der Waals surface area contributed by atoms with Gasteiger partial charge in [-0.05, 0) is 25.7 Å². The van der Waals surface area contributed by atoms with E-state index >= 15 is 0 Å². The largest absolute Gasteiger partial charge is 0.464 e. The van der Waals surface area contributed by atoms with Crippen molar-refractivity contribution in [2.75, 3.05) is 6.61 Å². The van der Waals surface area contributed by atoms with E-state index in [0.29, 0.717) is 0 Å². The number of carbonyl (C=O) groups excluding carboxylic acids is 2. The van der Waals surface area contributed by atoms with Gasteiger partial charge >= 0.3 is 11.9 Å². The van der Waals surface area contributed by atoms with Crippen molar-refractivity contribution >= 4 is 11.9 Å². The number of nitrogens with two attached hydrogens (primary N) is 2. The molecule has 0 rings (SSSR count). The van der Waals surface area contributed by atoms with E-state index in [1.54, 1.807) is 13.8 Å². The Balaban J connectivity index is 4.84. The van der Waals surface area contributed by atoms with E-state index in [0.717, 1.165) is 0 Å². The zero-order chi connectivity index (χ0) is 18.6. The van der Waals surface area contributed by atoms with Crippen molar-refractivity contribution in [2.24, 2.45) is 28.7 Å². The van der Waals surface area contributed by atoms with Crippen LogP contribution in [0.4, 0.5) is 0 Å². The minimum Gasteiger partial charge on any atom is -0.464 e. The minimum atomic E-state index is -0.848. The van der Waals surface area contributed by atoms with Gasteiger partial charge in [-0.2, -0.15) is 0 Å². The third-order valence-corrected chi connectivity index (χ3v) is 4.54. The highest BCUT2D eigenvalue weighted by Gasteiger charge is 2.43. The van der Waals surface area contributed by atoms with Crippen LogP contribution in [0.15, 0.2) is 0 Å². The second-order valence-electron chi connectivity index (χ2n) is 7.96. The smallest absolute Gasteiger partial charge is 0.323 e. The first-order chi connectivity index (χ1) is 10.2. The lowest BCUT2D eigenvalue weighted by Crippen LogP contribution is -2.50. The second kappa shape index (κ2) is 8.11. The molecular weight excluding hydrogens is 296 g/mol. The lowest BCUT2D eigenvalue weighted by atomic mass is 9.77. The van der Waals surface area contributed by atoms with Crippen molar-refractivity contribution in [3.8, 4) is 0 Å². The van der Waals surface area contributed by atoms with Gasteiger partial charge in [0.2, 0.25) is 0 Å². The van der Waals surface area contributed by atoms with Crippen LogP contribution in [0.1, 0.15) is 55.4 Å². The average molecular weight is 330 g/mol. The van der Waals surface area contributed by atoms with E-state index in [1.165, 1.54) is 0 Å². The Morgan fingerprint density at radius 1 is 0.870 bits per heavy atom. The summed E-state index contributed by atoms with van der Waals surface area (Å²) in [7, 11) is 0. The van der Waals surface area contributed by atoms with Crippen LogP contribution in [0.25, 0.3) is 0 Å². The fraction of sp³-hybridized carbons (Fsp3) is 0.882. The molecule has 136 valence electrons. The van der Waals surface area contributed by atoms with Crippen LogP contribution < -0.4 is 11.5 Å². The van der Waals surface area contributed by atoms with E-state index in [2.05, 4.69) is 0 Å². The van der Waals surface area contributed by atoms with Gasteiger partial charge in [-0.1, -0.05) is 41.5 Å². The summed E-state index contributed by atoms with van der Waals surface area (Å²) >= 11 is 0. The second-order valence-corrected chi connectivity index (χ2v) is 7.96. The summed E-state index contributed by atoms with van der Waals surface area (Å²) in [4.78, 5) is 24.0. The summed E-state index contributed by atoms with van der Waals surface area (Å²) in [5, 5.41) is 0.